The average Bonchev–Trinajstić information content (AvgIpc) is 2.60. The average molecular weight is 354 g/mol. The second-order valence-corrected chi connectivity index (χ2v) is 7.49. The predicted octanol–water partition coefficient (Wildman–Crippen LogP) is 5.86. The number of ketones is 1. The van der Waals surface area contributed by atoms with Crippen LogP contribution in [0.15, 0.2) is 36.4 Å². The number of fused-ring (bicyclic) bond motifs is 1. The summed E-state index contributed by atoms with van der Waals surface area (Å²) in [5.74, 6) is 0.0191. The van der Waals surface area contributed by atoms with Crippen LogP contribution in [-0.2, 0) is 0 Å². The summed E-state index contributed by atoms with van der Waals surface area (Å²) >= 11 is 0. The molecule has 2 aromatic rings. The van der Waals surface area contributed by atoms with E-state index in [2.05, 4.69) is 6.92 Å². The standard InChI is InChI=1S/C23H31NO2/c1-6-7-8-13-21(25)20-15-14-18-11-9-10-12-19(18)22(20)23(26)24(16(2)3)17(4)5/h9-12,14-17H,6-8,13H2,1-5H3. The van der Waals surface area contributed by atoms with Gasteiger partial charge in [0.2, 0.25) is 0 Å². The number of carbonyl (C=O) groups excluding carboxylic acids is 2. The Morgan fingerprint density at radius 2 is 1.58 bits per heavy atom. The topological polar surface area (TPSA) is 37.4 Å². The van der Waals surface area contributed by atoms with Crippen molar-refractivity contribution in [2.45, 2.75) is 72.4 Å². The zero-order chi connectivity index (χ0) is 19.3. The van der Waals surface area contributed by atoms with Crippen LogP contribution in [0, 0.1) is 0 Å². The van der Waals surface area contributed by atoms with Gasteiger partial charge in [0.15, 0.2) is 5.78 Å². The maximum atomic E-state index is 13.5. The normalized spacial score (nSPS) is 11.3. The highest BCUT2D eigenvalue weighted by atomic mass is 16.2. The predicted molar refractivity (Wildman–Crippen MR) is 109 cm³/mol. The second-order valence-electron chi connectivity index (χ2n) is 7.49. The molecule has 0 bridgehead atoms. The zero-order valence-corrected chi connectivity index (χ0v) is 16.7. The third kappa shape index (κ3) is 4.32. The van der Waals surface area contributed by atoms with Crippen LogP contribution >= 0.6 is 0 Å². The summed E-state index contributed by atoms with van der Waals surface area (Å²) < 4.78 is 0. The molecule has 3 heteroatoms. The number of hydrogen-bond acceptors (Lipinski definition) is 2. The zero-order valence-electron chi connectivity index (χ0n) is 16.7. The molecule has 0 saturated heterocycles. The molecule has 2 aromatic carbocycles. The summed E-state index contributed by atoms with van der Waals surface area (Å²) in [6.07, 6.45) is 3.47. The molecule has 0 heterocycles. The van der Waals surface area contributed by atoms with Crippen LogP contribution < -0.4 is 0 Å². The molecule has 1 amide bonds. The fraction of sp³-hybridized carbons (Fsp3) is 0.478. The van der Waals surface area contributed by atoms with E-state index in [9.17, 15) is 9.59 Å². The summed E-state index contributed by atoms with van der Waals surface area (Å²) in [7, 11) is 0. The smallest absolute Gasteiger partial charge is 0.255 e. The molecule has 0 saturated carbocycles. The van der Waals surface area contributed by atoms with Gasteiger partial charge in [-0.3, -0.25) is 9.59 Å². The SMILES string of the molecule is CCCCCC(=O)c1ccc2ccccc2c1C(=O)N(C(C)C)C(C)C. The van der Waals surface area contributed by atoms with Crippen molar-refractivity contribution in [3.63, 3.8) is 0 Å². The molecule has 0 N–H and O–H groups in total. The monoisotopic (exact) mass is 353 g/mol. The van der Waals surface area contributed by atoms with Crippen LogP contribution in [0.5, 0.6) is 0 Å². The molecular weight excluding hydrogens is 322 g/mol. The van der Waals surface area contributed by atoms with Crippen LogP contribution in [0.25, 0.3) is 10.8 Å². The minimum absolute atomic E-state index is 0.0503. The molecule has 2 rings (SSSR count). The quantitative estimate of drug-likeness (QED) is 0.440. The van der Waals surface area contributed by atoms with Crippen LogP contribution in [0.3, 0.4) is 0 Å². The Morgan fingerprint density at radius 1 is 0.923 bits per heavy atom. The molecule has 0 spiro atoms. The molecule has 26 heavy (non-hydrogen) atoms. The van der Waals surface area contributed by atoms with E-state index >= 15 is 0 Å². The number of hydrogen-bond donors (Lipinski definition) is 0. The second kappa shape index (κ2) is 8.98. The Kier molecular flexibility index (Phi) is 6.96. The van der Waals surface area contributed by atoms with Crippen molar-refractivity contribution < 1.29 is 9.59 Å². The van der Waals surface area contributed by atoms with Crippen molar-refractivity contribution in [3.05, 3.63) is 47.5 Å². The first-order valence-electron chi connectivity index (χ1n) is 9.76. The van der Waals surface area contributed by atoms with Crippen molar-refractivity contribution in [3.8, 4) is 0 Å². The van der Waals surface area contributed by atoms with Gasteiger partial charge < -0.3 is 4.90 Å². The van der Waals surface area contributed by atoms with Crippen LogP contribution in [0.4, 0.5) is 0 Å². The van der Waals surface area contributed by atoms with Gasteiger partial charge >= 0.3 is 0 Å². The van der Waals surface area contributed by atoms with E-state index in [1.807, 2.05) is 69.0 Å². The number of amides is 1. The number of unbranched alkanes of at least 4 members (excludes halogenated alkanes) is 2. The largest absolute Gasteiger partial charge is 0.334 e. The van der Waals surface area contributed by atoms with Crippen LogP contribution in [0.2, 0.25) is 0 Å². The Labute approximate surface area is 157 Å². The van der Waals surface area contributed by atoms with Gasteiger partial charge in [-0.2, -0.15) is 0 Å². The lowest BCUT2D eigenvalue weighted by atomic mass is 9.93. The summed E-state index contributed by atoms with van der Waals surface area (Å²) in [4.78, 5) is 28.2. The van der Waals surface area contributed by atoms with Gasteiger partial charge in [-0.15, -0.1) is 0 Å². The minimum atomic E-state index is -0.0503. The highest BCUT2D eigenvalue weighted by Crippen LogP contribution is 2.27. The van der Waals surface area contributed by atoms with Gasteiger partial charge in [0.25, 0.3) is 5.91 Å². The molecular formula is C23H31NO2. The molecule has 0 aliphatic carbocycles. The molecule has 0 aliphatic heterocycles. The Hall–Kier alpha value is -2.16. The van der Waals surface area contributed by atoms with Crippen molar-refractivity contribution in [2.75, 3.05) is 0 Å². The maximum absolute atomic E-state index is 13.5. The summed E-state index contributed by atoms with van der Waals surface area (Å²) in [5.41, 5.74) is 1.13. The Balaban J connectivity index is 2.58. The molecule has 0 aromatic heterocycles. The van der Waals surface area contributed by atoms with Gasteiger partial charge in [0.05, 0.1) is 5.56 Å². The fourth-order valence-electron chi connectivity index (χ4n) is 3.60. The van der Waals surface area contributed by atoms with Crippen LogP contribution in [-0.4, -0.2) is 28.7 Å². The Bertz CT molecular complexity index is 769. The van der Waals surface area contributed by atoms with E-state index in [0.717, 1.165) is 30.0 Å². The molecule has 0 radical (unpaired) electrons. The number of carbonyl (C=O) groups is 2. The van der Waals surface area contributed by atoms with Crippen molar-refractivity contribution in [1.29, 1.82) is 0 Å². The summed E-state index contributed by atoms with van der Waals surface area (Å²) in [6.45, 7) is 10.2. The van der Waals surface area contributed by atoms with Crippen molar-refractivity contribution >= 4 is 22.5 Å². The van der Waals surface area contributed by atoms with Gasteiger partial charge in [0.1, 0.15) is 0 Å². The lowest BCUT2D eigenvalue weighted by molar-refractivity contribution is 0.0641. The van der Waals surface area contributed by atoms with E-state index in [1.165, 1.54) is 0 Å². The lowest BCUT2D eigenvalue weighted by Gasteiger charge is -2.32. The molecule has 0 aliphatic rings. The minimum Gasteiger partial charge on any atom is -0.334 e. The van der Waals surface area contributed by atoms with Crippen LogP contribution in [0.1, 0.15) is 81.0 Å². The van der Waals surface area contributed by atoms with E-state index in [1.54, 1.807) is 0 Å². The molecule has 3 nitrogen and oxygen atoms in total. The summed E-state index contributed by atoms with van der Waals surface area (Å²) in [6, 6.07) is 11.8. The first-order chi connectivity index (χ1) is 12.4. The van der Waals surface area contributed by atoms with Gasteiger partial charge in [-0.1, -0.05) is 50.1 Å². The molecule has 0 unspecified atom stereocenters. The van der Waals surface area contributed by atoms with Crippen molar-refractivity contribution in [1.82, 2.24) is 4.90 Å². The highest BCUT2D eigenvalue weighted by molar-refractivity contribution is 6.16. The number of nitrogens with zero attached hydrogens (tertiary/aromatic N) is 1. The van der Waals surface area contributed by atoms with E-state index in [0.29, 0.717) is 17.5 Å². The van der Waals surface area contributed by atoms with E-state index in [-0.39, 0.29) is 23.8 Å². The first-order valence-corrected chi connectivity index (χ1v) is 9.76. The highest BCUT2D eigenvalue weighted by Gasteiger charge is 2.27. The first kappa shape index (κ1) is 20.2. The molecule has 140 valence electrons. The fourth-order valence-corrected chi connectivity index (χ4v) is 3.60. The van der Waals surface area contributed by atoms with Crippen molar-refractivity contribution in [2.24, 2.45) is 0 Å². The summed E-state index contributed by atoms with van der Waals surface area (Å²) in [5, 5.41) is 1.86. The maximum Gasteiger partial charge on any atom is 0.255 e. The lowest BCUT2D eigenvalue weighted by Crippen LogP contribution is -2.42. The van der Waals surface area contributed by atoms with Gasteiger partial charge in [-0.05, 0) is 51.0 Å². The van der Waals surface area contributed by atoms with Gasteiger partial charge in [-0.25, -0.2) is 0 Å². The third-order valence-electron chi connectivity index (χ3n) is 4.80. The number of benzene rings is 2. The molecule has 0 fully saturated rings. The van der Waals surface area contributed by atoms with Gasteiger partial charge in [0, 0.05) is 24.1 Å². The van der Waals surface area contributed by atoms with E-state index in [4.69, 9.17) is 0 Å². The molecule has 0 atom stereocenters. The number of rotatable bonds is 8. The third-order valence-corrected chi connectivity index (χ3v) is 4.80. The van der Waals surface area contributed by atoms with E-state index < -0.39 is 0 Å². The Morgan fingerprint density at radius 3 is 2.19 bits per heavy atom. The number of Topliss-reactive ketones (excluding diaryl/α,β-unsaturated/α-hetero) is 1.